The Labute approximate surface area is 102 Å². The van der Waals surface area contributed by atoms with Gasteiger partial charge in [-0.15, -0.1) is 0 Å². The molecular formula is C15H18S. The standard InChI is InChI=1S/C15H18S/c1-12-11-6-2-3-13(12,16)10-5-9-8-4-7(6)14(8,11)15(9,10)12/h6-11,16H,2-5H2,1H3/t6?,7?,8?,9?,10?,11?,12?,13-,14?,15?/m1/s1. The maximum absolute atomic E-state index is 5.24. The normalized spacial score (nSPS) is 94.9. The minimum Gasteiger partial charge on any atom is -0.172 e. The summed E-state index contributed by atoms with van der Waals surface area (Å²) in [5, 5.41) is 0. The van der Waals surface area contributed by atoms with E-state index in [-0.39, 0.29) is 0 Å². The Balaban J connectivity index is 1.60. The second-order valence-electron chi connectivity index (χ2n) is 8.45. The van der Waals surface area contributed by atoms with Crippen molar-refractivity contribution in [3.8, 4) is 0 Å². The van der Waals surface area contributed by atoms with Gasteiger partial charge in [-0.1, -0.05) is 6.92 Å². The number of fused-ring (bicyclic) bond motifs is 3. The molecule has 0 radical (unpaired) electrons. The number of rotatable bonds is 0. The molecule has 7 aliphatic carbocycles. The van der Waals surface area contributed by atoms with Crippen molar-refractivity contribution in [2.24, 2.45) is 51.8 Å². The minimum absolute atomic E-state index is 0.501. The molecule has 7 rings (SSSR count). The van der Waals surface area contributed by atoms with E-state index in [1.54, 1.807) is 19.3 Å². The molecule has 0 nitrogen and oxygen atoms in total. The van der Waals surface area contributed by atoms with E-state index in [9.17, 15) is 0 Å². The average Bonchev–Trinajstić information content (AvgIpc) is 2.20. The van der Waals surface area contributed by atoms with Crippen molar-refractivity contribution < 1.29 is 0 Å². The predicted molar refractivity (Wildman–Crippen MR) is 64.1 cm³/mol. The second kappa shape index (κ2) is 1.47. The first-order chi connectivity index (χ1) is 7.67. The molecule has 7 aliphatic rings. The first-order valence-electron chi connectivity index (χ1n) is 7.39. The van der Waals surface area contributed by atoms with Crippen molar-refractivity contribution in [2.45, 2.75) is 37.4 Å². The van der Waals surface area contributed by atoms with E-state index in [0.717, 1.165) is 28.6 Å². The highest BCUT2D eigenvalue weighted by molar-refractivity contribution is 7.82. The summed E-state index contributed by atoms with van der Waals surface area (Å²) < 4.78 is 0.501. The summed E-state index contributed by atoms with van der Waals surface area (Å²) in [5.74, 6) is 7.01. The summed E-state index contributed by atoms with van der Waals surface area (Å²) in [4.78, 5) is 0. The lowest BCUT2D eigenvalue weighted by molar-refractivity contribution is -0.655. The van der Waals surface area contributed by atoms with Crippen LogP contribution in [0.1, 0.15) is 32.6 Å². The lowest BCUT2D eigenvalue weighted by Crippen LogP contribution is -3.12. The van der Waals surface area contributed by atoms with Gasteiger partial charge in [0, 0.05) is 4.75 Å². The monoisotopic (exact) mass is 230 g/mol. The summed E-state index contributed by atoms with van der Waals surface area (Å²) in [6.07, 6.45) is 6.23. The Morgan fingerprint density at radius 1 is 1.12 bits per heavy atom. The van der Waals surface area contributed by atoms with Gasteiger partial charge in [0.05, 0.1) is 0 Å². The Morgan fingerprint density at radius 3 is 2.88 bits per heavy atom. The Kier molecular flexibility index (Phi) is 0.709. The van der Waals surface area contributed by atoms with Gasteiger partial charge in [0.1, 0.15) is 0 Å². The van der Waals surface area contributed by atoms with Gasteiger partial charge in [0.2, 0.25) is 0 Å². The topological polar surface area (TPSA) is 0 Å². The summed E-state index contributed by atoms with van der Waals surface area (Å²) in [6, 6.07) is 0. The van der Waals surface area contributed by atoms with Crippen LogP contribution in [0.25, 0.3) is 0 Å². The van der Waals surface area contributed by atoms with E-state index >= 15 is 0 Å². The van der Waals surface area contributed by atoms with E-state index in [0.29, 0.717) is 10.2 Å². The molecule has 7 fully saturated rings. The smallest absolute Gasteiger partial charge is 0.0226 e. The molecule has 0 heterocycles. The fraction of sp³-hybridized carbons (Fsp3) is 1.00. The summed E-state index contributed by atoms with van der Waals surface area (Å²) >= 11 is 5.24. The Bertz CT molecular complexity index is 514. The van der Waals surface area contributed by atoms with Crippen LogP contribution in [-0.2, 0) is 0 Å². The molecule has 7 saturated carbocycles. The summed E-state index contributed by atoms with van der Waals surface area (Å²) in [5.41, 5.74) is 2.58. The highest BCUT2D eigenvalue weighted by atomic mass is 32.1. The van der Waals surface area contributed by atoms with Crippen molar-refractivity contribution in [3.05, 3.63) is 0 Å². The maximum atomic E-state index is 5.24. The van der Waals surface area contributed by atoms with Crippen molar-refractivity contribution >= 4 is 12.6 Å². The molecule has 10 atom stereocenters. The highest BCUT2D eigenvalue weighted by Crippen LogP contribution is 3.14. The first kappa shape index (κ1) is 7.71. The Morgan fingerprint density at radius 2 is 2.00 bits per heavy atom. The first-order valence-corrected chi connectivity index (χ1v) is 7.84. The molecule has 2 spiro atoms. The van der Waals surface area contributed by atoms with Crippen molar-refractivity contribution in [1.29, 1.82) is 0 Å². The number of hydrogen-bond acceptors (Lipinski definition) is 1. The number of hydrogen-bond donors (Lipinski definition) is 1. The molecule has 1 heteroatoms. The van der Waals surface area contributed by atoms with Gasteiger partial charge >= 0.3 is 0 Å². The number of thiol groups is 1. The SMILES string of the molecule is CC12C3C4CC[C@@]1(S)C1CC5C6CC4C63C512. The van der Waals surface area contributed by atoms with Gasteiger partial charge in [0.15, 0.2) is 0 Å². The van der Waals surface area contributed by atoms with E-state index < -0.39 is 0 Å². The maximum Gasteiger partial charge on any atom is 0.0226 e. The van der Waals surface area contributed by atoms with Crippen LogP contribution in [0.2, 0.25) is 0 Å². The molecule has 0 amide bonds. The van der Waals surface area contributed by atoms with Crippen molar-refractivity contribution in [2.75, 3.05) is 0 Å². The third-order valence-electron chi connectivity index (χ3n) is 9.84. The molecule has 9 unspecified atom stereocenters. The molecule has 0 aromatic rings. The van der Waals surface area contributed by atoms with Crippen LogP contribution in [0.15, 0.2) is 0 Å². The largest absolute Gasteiger partial charge is 0.172 e. The van der Waals surface area contributed by atoms with Crippen molar-refractivity contribution in [3.63, 3.8) is 0 Å². The fourth-order valence-electron chi connectivity index (χ4n) is 10.3. The molecule has 0 aromatic heterocycles. The lowest BCUT2D eigenvalue weighted by Gasteiger charge is -3.14. The Hall–Kier alpha value is 0.350. The molecule has 0 N–H and O–H groups in total. The molecule has 0 saturated heterocycles. The molecule has 16 heavy (non-hydrogen) atoms. The van der Waals surface area contributed by atoms with Crippen LogP contribution in [-0.4, -0.2) is 4.75 Å². The fourth-order valence-corrected chi connectivity index (χ4v) is 11.1. The van der Waals surface area contributed by atoms with Crippen LogP contribution in [0.4, 0.5) is 0 Å². The zero-order chi connectivity index (χ0) is 10.3. The lowest BCUT2D eigenvalue weighted by atomic mass is 8.91. The summed E-state index contributed by atoms with van der Waals surface area (Å²) in [7, 11) is 0. The van der Waals surface area contributed by atoms with E-state index in [1.807, 2.05) is 0 Å². The van der Waals surface area contributed by atoms with Gasteiger partial charge in [-0.2, -0.15) is 12.6 Å². The second-order valence-corrected chi connectivity index (χ2v) is 9.25. The highest BCUT2D eigenvalue weighted by Gasteiger charge is 3.11. The van der Waals surface area contributed by atoms with Gasteiger partial charge in [-0.05, 0) is 77.4 Å². The van der Waals surface area contributed by atoms with Gasteiger partial charge in [0.25, 0.3) is 0 Å². The third kappa shape index (κ3) is 0.281. The predicted octanol–water partition coefficient (Wildman–Crippen LogP) is 2.99. The van der Waals surface area contributed by atoms with Gasteiger partial charge in [-0.25, -0.2) is 0 Å². The molecular weight excluding hydrogens is 212 g/mol. The van der Waals surface area contributed by atoms with Crippen LogP contribution in [0.3, 0.4) is 0 Å². The van der Waals surface area contributed by atoms with E-state index in [2.05, 4.69) is 6.92 Å². The van der Waals surface area contributed by atoms with Crippen molar-refractivity contribution in [1.82, 2.24) is 0 Å². The molecule has 84 valence electrons. The zero-order valence-electron chi connectivity index (χ0n) is 9.74. The van der Waals surface area contributed by atoms with Crippen LogP contribution in [0, 0.1) is 51.8 Å². The molecule has 0 aromatic carbocycles. The quantitative estimate of drug-likeness (QED) is 0.608. The average molecular weight is 230 g/mol. The zero-order valence-corrected chi connectivity index (χ0v) is 10.6. The molecule has 0 bridgehead atoms. The molecule has 0 aliphatic heterocycles. The van der Waals surface area contributed by atoms with Gasteiger partial charge in [-0.3, -0.25) is 0 Å². The minimum atomic E-state index is 0.501. The van der Waals surface area contributed by atoms with E-state index in [1.165, 1.54) is 24.2 Å². The van der Waals surface area contributed by atoms with Crippen LogP contribution < -0.4 is 0 Å². The third-order valence-corrected chi connectivity index (χ3v) is 10.8. The van der Waals surface area contributed by atoms with Crippen LogP contribution in [0.5, 0.6) is 0 Å². The van der Waals surface area contributed by atoms with E-state index in [4.69, 9.17) is 12.6 Å². The van der Waals surface area contributed by atoms with Crippen LogP contribution >= 0.6 is 12.6 Å². The summed E-state index contributed by atoms with van der Waals surface area (Å²) in [6.45, 7) is 2.66. The van der Waals surface area contributed by atoms with Gasteiger partial charge < -0.3 is 0 Å².